The summed E-state index contributed by atoms with van der Waals surface area (Å²) in [5.41, 5.74) is 15.5. The standard InChI is InChI=1S/C52H37N3S/c1-51(2)40-25-15-13-23-34(40)46-42(51)36-27-28-37-43-48(35-24-14-16-26-41(35)52(43,3)4)56-49(37)47(36)55(46)50-53-44(31-19-9-6-10-20-31)39-29-38(30-17-7-5-8-18-30)32-21-11-12-22-33(32)45(39)54-50/h5-29H,1-4H3. The highest BCUT2D eigenvalue weighted by Crippen LogP contribution is 2.59. The predicted molar refractivity (Wildman–Crippen MR) is 235 cm³/mol. The summed E-state index contributed by atoms with van der Waals surface area (Å²) in [5, 5.41) is 5.95. The van der Waals surface area contributed by atoms with Gasteiger partial charge in [-0.05, 0) is 55.8 Å². The van der Waals surface area contributed by atoms with Crippen LogP contribution in [-0.4, -0.2) is 14.5 Å². The van der Waals surface area contributed by atoms with Gasteiger partial charge in [-0.3, -0.25) is 4.57 Å². The maximum absolute atomic E-state index is 5.71. The molecule has 0 aliphatic heterocycles. The molecule has 0 N–H and O–H groups in total. The van der Waals surface area contributed by atoms with Crippen molar-refractivity contribution < 1.29 is 0 Å². The van der Waals surface area contributed by atoms with Crippen molar-refractivity contribution in [2.45, 2.75) is 38.5 Å². The maximum atomic E-state index is 5.71. The molecule has 2 aliphatic rings. The third-order valence-corrected chi connectivity index (χ3v) is 14.0. The topological polar surface area (TPSA) is 30.7 Å². The minimum Gasteiger partial charge on any atom is -0.276 e. The molecule has 7 aromatic carbocycles. The van der Waals surface area contributed by atoms with Crippen LogP contribution in [0.3, 0.4) is 0 Å². The second kappa shape index (κ2) is 11.1. The lowest BCUT2D eigenvalue weighted by atomic mass is 9.80. The summed E-state index contributed by atoms with van der Waals surface area (Å²) < 4.78 is 3.74. The molecular weight excluding hydrogens is 699 g/mol. The smallest absolute Gasteiger partial charge is 0.235 e. The number of hydrogen-bond acceptors (Lipinski definition) is 3. The first kappa shape index (κ1) is 31.9. The Hall–Kier alpha value is -6.36. The van der Waals surface area contributed by atoms with Gasteiger partial charge in [0.25, 0.3) is 0 Å². The van der Waals surface area contributed by atoms with E-state index in [-0.39, 0.29) is 10.8 Å². The van der Waals surface area contributed by atoms with Crippen LogP contribution < -0.4 is 0 Å². The van der Waals surface area contributed by atoms with Crippen molar-refractivity contribution in [3.8, 4) is 50.0 Å². The molecule has 10 aromatic rings. The quantitative estimate of drug-likeness (QED) is 0.169. The molecule has 4 heteroatoms. The Morgan fingerprint density at radius 1 is 0.482 bits per heavy atom. The molecule has 3 heterocycles. The fraction of sp³-hybridized carbons (Fsp3) is 0.115. The molecular formula is C52H37N3S. The van der Waals surface area contributed by atoms with Gasteiger partial charge in [0.15, 0.2) is 0 Å². The minimum absolute atomic E-state index is 0.112. The van der Waals surface area contributed by atoms with Gasteiger partial charge in [0.2, 0.25) is 5.95 Å². The van der Waals surface area contributed by atoms with Crippen LogP contribution in [0.15, 0.2) is 152 Å². The summed E-state index contributed by atoms with van der Waals surface area (Å²) in [6.45, 7) is 9.54. The second-order valence-corrected chi connectivity index (χ2v) is 17.5. The summed E-state index contributed by atoms with van der Waals surface area (Å²) >= 11 is 1.94. The summed E-state index contributed by atoms with van der Waals surface area (Å²) in [4.78, 5) is 12.8. The molecule has 0 saturated carbocycles. The van der Waals surface area contributed by atoms with Gasteiger partial charge in [0, 0.05) is 43.0 Å². The Morgan fingerprint density at radius 3 is 1.82 bits per heavy atom. The highest BCUT2D eigenvalue weighted by molar-refractivity contribution is 7.23. The minimum atomic E-state index is -0.217. The van der Waals surface area contributed by atoms with Crippen molar-refractivity contribution in [3.05, 3.63) is 174 Å². The summed E-state index contributed by atoms with van der Waals surface area (Å²) in [6, 6.07) is 55.2. The van der Waals surface area contributed by atoms with Crippen molar-refractivity contribution >= 4 is 54.0 Å². The fourth-order valence-corrected chi connectivity index (χ4v) is 11.8. The summed E-state index contributed by atoms with van der Waals surface area (Å²) in [6.07, 6.45) is 0. The maximum Gasteiger partial charge on any atom is 0.235 e. The van der Waals surface area contributed by atoms with Crippen molar-refractivity contribution in [2.75, 3.05) is 0 Å². The molecule has 0 radical (unpaired) electrons. The first-order valence-electron chi connectivity index (χ1n) is 19.5. The van der Waals surface area contributed by atoms with Crippen LogP contribution in [0.5, 0.6) is 0 Å². The van der Waals surface area contributed by atoms with Crippen LogP contribution in [0.25, 0.3) is 92.7 Å². The lowest BCUT2D eigenvalue weighted by Gasteiger charge is -2.22. The van der Waals surface area contributed by atoms with Crippen LogP contribution >= 0.6 is 11.3 Å². The molecule has 0 unspecified atom stereocenters. The van der Waals surface area contributed by atoms with Crippen LogP contribution in [0.2, 0.25) is 0 Å². The number of aromatic nitrogens is 3. The molecule has 3 nitrogen and oxygen atoms in total. The van der Waals surface area contributed by atoms with E-state index in [1.54, 1.807) is 0 Å². The Bertz CT molecular complexity index is 3290. The van der Waals surface area contributed by atoms with Crippen molar-refractivity contribution in [1.82, 2.24) is 14.5 Å². The fourth-order valence-electron chi connectivity index (χ4n) is 10.3. The molecule has 12 rings (SSSR count). The molecule has 56 heavy (non-hydrogen) atoms. The van der Waals surface area contributed by atoms with Gasteiger partial charge in [0.1, 0.15) is 0 Å². The molecule has 0 bridgehead atoms. The number of nitrogens with zero attached hydrogens (tertiary/aromatic N) is 3. The van der Waals surface area contributed by atoms with Crippen LogP contribution in [-0.2, 0) is 10.8 Å². The average molecular weight is 736 g/mol. The number of thiophene rings is 1. The van der Waals surface area contributed by atoms with Gasteiger partial charge >= 0.3 is 0 Å². The normalized spacial score (nSPS) is 14.7. The van der Waals surface area contributed by atoms with Gasteiger partial charge in [0.05, 0.1) is 27.1 Å². The van der Waals surface area contributed by atoms with Gasteiger partial charge in [-0.25, -0.2) is 9.97 Å². The SMILES string of the molecule is CC1(C)c2ccccc2-c2sc3c(ccc4c5c(n(-c6nc(-c7ccccc7)c7cc(-c8ccccc8)c8ccccc8c7n6)c43)-c3ccccc3C5(C)C)c21. The number of rotatable bonds is 3. The Kier molecular flexibility index (Phi) is 6.34. The largest absolute Gasteiger partial charge is 0.276 e. The number of benzene rings is 7. The van der Waals surface area contributed by atoms with Crippen molar-refractivity contribution in [2.24, 2.45) is 0 Å². The van der Waals surface area contributed by atoms with E-state index in [9.17, 15) is 0 Å². The lowest BCUT2D eigenvalue weighted by Crippen LogP contribution is -2.15. The third kappa shape index (κ3) is 4.07. The molecule has 266 valence electrons. The van der Waals surface area contributed by atoms with Gasteiger partial charge in [-0.15, -0.1) is 11.3 Å². The van der Waals surface area contributed by atoms with E-state index >= 15 is 0 Å². The summed E-state index contributed by atoms with van der Waals surface area (Å²) in [5.74, 6) is 0.702. The molecule has 0 fully saturated rings. The van der Waals surface area contributed by atoms with Gasteiger partial charge in [-0.2, -0.15) is 0 Å². The Morgan fingerprint density at radius 2 is 1.07 bits per heavy atom. The molecule has 0 spiro atoms. The zero-order valence-electron chi connectivity index (χ0n) is 31.7. The second-order valence-electron chi connectivity index (χ2n) is 16.5. The van der Waals surface area contributed by atoms with E-state index < -0.39 is 0 Å². The van der Waals surface area contributed by atoms with Crippen LogP contribution in [0.1, 0.15) is 49.9 Å². The number of hydrogen-bond donors (Lipinski definition) is 0. The van der Waals surface area contributed by atoms with E-state index in [1.807, 2.05) is 11.3 Å². The van der Waals surface area contributed by atoms with Crippen molar-refractivity contribution in [3.63, 3.8) is 0 Å². The van der Waals surface area contributed by atoms with Crippen LogP contribution in [0, 0.1) is 0 Å². The summed E-state index contributed by atoms with van der Waals surface area (Å²) in [7, 11) is 0. The van der Waals surface area contributed by atoms with Crippen LogP contribution in [0.4, 0.5) is 0 Å². The van der Waals surface area contributed by atoms with E-state index in [1.165, 1.54) is 81.5 Å². The van der Waals surface area contributed by atoms with Gasteiger partial charge in [-0.1, -0.05) is 173 Å². The Balaban J connectivity index is 1.27. The first-order chi connectivity index (χ1) is 27.3. The van der Waals surface area contributed by atoms with E-state index in [0.717, 1.165) is 27.5 Å². The lowest BCUT2D eigenvalue weighted by molar-refractivity contribution is 0.666. The highest BCUT2D eigenvalue weighted by Gasteiger charge is 2.43. The third-order valence-electron chi connectivity index (χ3n) is 12.8. The Labute approximate surface area is 329 Å². The molecule has 2 aliphatic carbocycles. The number of fused-ring (bicyclic) bond motifs is 14. The van der Waals surface area contributed by atoms with E-state index in [2.05, 4.69) is 184 Å². The molecule has 3 aromatic heterocycles. The zero-order valence-corrected chi connectivity index (χ0v) is 32.5. The monoisotopic (exact) mass is 735 g/mol. The molecule has 0 atom stereocenters. The first-order valence-corrected chi connectivity index (χ1v) is 20.3. The molecule has 0 amide bonds. The zero-order chi connectivity index (χ0) is 37.5. The van der Waals surface area contributed by atoms with E-state index in [4.69, 9.17) is 9.97 Å². The van der Waals surface area contributed by atoms with Gasteiger partial charge < -0.3 is 0 Å². The predicted octanol–water partition coefficient (Wildman–Crippen LogP) is 13.9. The molecule has 0 saturated heterocycles. The highest BCUT2D eigenvalue weighted by atomic mass is 32.1. The average Bonchev–Trinajstić information content (AvgIpc) is 3.93. The van der Waals surface area contributed by atoms with Crippen molar-refractivity contribution in [1.29, 1.82) is 0 Å². The van der Waals surface area contributed by atoms with E-state index in [0.29, 0.717) is 5.95 Å².